The first-order valence-corrected chi connectivity index (χ1v) is 4.33. The monoisotopic (exact) mass is 151 g/mol. The molecule has 0 aromatic carbocycles. The van der Waals surface area contributed by atoms with Gasteiger partial charge in [0.15, 0.2) is 11.1 Å². The van der Waals surface area contributed by atoms with Crippen molar-refractivity contribution < 1.29 is 8.76 Å². The lowest BCUT2D eigenvalue weighted by atomic mass is 10.3. The van der Waals surface area contributed by atoms with Gasteiger partial charge in [-0.15, -0.1) is 0 Å². The van der Waals surface area contributed by atoms with E-state index in [2.05, 4.69) is 12.2 Å². The zero-order valence-corrected chi connectivity index (χ0v) is 6.41. The maximum atomic E-state index is 10.0. The summed E-state index contributed by atoms with van der Waals surface area (Å²) in [6.45, 7) is 2.92. The van der Waals surface area contributed by atoms with E-state index < -0.39 is 11.1 Å². The predicted molar refractivity (Wildman–Crippen MR) is 38.5 cm³/mol. The van der Waals surface area contributed by atoms with Crippen molar-refractivity contribution in [2.75, 3.05) is 12.4 Å². The highest BCUT2D eigenvalue weighted by Gasteiger charge is 1.89. The number of hydrogen-bond acceptors (Lipinski definition) is 2. The number of unbranched alkanes of at least 4 members (excludes halogenated alkanes) is 1. The van der Waals surface area contributed by atoms with E-state index in [1.165, 1.54) is 0 Å². The van der Waals surface area contributed by atoms with Crippen LogP contribution in [0.15, 0.2) is 0 Å². The quantitative estimate of drug-likeness (QED) is 0.446. The van der Waals surface area contributed by atoms with Crippen LogP contribution in [0.1, 0.15) is 19.8 Å². The summed E-state index contributed by atoms with van der Waals surface area (Å²) in [4.78, 5) is 0. The molecule has 0 spiro atoms. The molecule has 0 saturated carbocycles. The molecule has 0 aromatic heterocycles. The standard InChI is InChI=1S/C5H13NO2S/c1-2-3-4-6-5-9(7)8/h6H,2-5H2,1H3,(H,7,8). The van der Waals surface area contributed by atoms with Gasteiger partial charge in [-0.25, -0.2) is 4.21 Å². The molecule has 0 amide bonds. The van der Waals surface area contributed by atoms with E-state index in [9.17, 15) is 4.21 Å². The van der Waals surface area contributed by atoms with E-state index in [0.717, 1.165) is 19.4 Å². The lowest BCUT2D eigenvalue weighted by molar-refractivity contribution is 0.553. The fraction of sp³-hybridized carbons (Fsp3) is 1.00. The molecule has 3 nitrogen and oxygen atoms in total. The minimum atomic E-state index is -1.68. The molecule has 0 saturated heterocycles. The Morgan fingerprint density at radius 1 is 1.67 bits per heavy atom. The largest absolute Gasteiger partial charge is 0.305 e. The highest BCUT2D eigenvalue weighted by molar-refractivity contribution is 7.79. The van der Waals surface area contributed by atoms with Crippen molar-refractivity contribution in [1.82, 2.24) is 5.32 Å². The van der Waals surface area contributed by atoms with Gasteiger partial charge in [0.1, 0.15) is 0 Å². The first-order chi connectivity index (χ1) is 4.27. The SMILES string of the molecule is CCCCNCS(=O)O. The Bertz CT molecular complexity index is 87.0. The fourth-order valence-corrected chi connectivity index (χ4v) is 0.780. The van der Waals surface area contributed by atoms with Gasteiger partial charge in [0.05, 0.1) is 5.88 Å². The summed E-state index contributed by atoms with van der Waals surface area (Å²) in [5, 5.41) is 2.84. The van der Waals surface area contributed by atoms with Gasteiger partial charge in [-0.3, -0.25) is 0 Å². The molecule has 4 heteroatoms. The second kappa shape index (κ2) is 6.19. The molecule has 0 bridgehead atoms. The van der Waals surface area contributed by atoms with E-state index in [4.69, 9.17) is 4.55 Å². The molecular weight excluding hydrogens is 138 g/mol. The van der Waals surface area contributed by atoms with Crippen LogP contribution < -0.4 is 5.32 Å². The zero-order chi connectivity index (χ0) is 7.11. The van der Waals surface area contributed by atoms with Gasteiger partial charge in [0.2, 0.25) is 0 Å². The molecule has 0 aromatic rings. The fourth-order valence-electron chi connectivity index (χ4n) is 0.461. The molecule has 2 N–H and O–H groups in total. The lowest BCUT2D eigenvalue weighted by Crippen LogP contribution is -2.19. The molecule has 0 aliphatic rings. The summed E-state index contributed by atoms with van der Waals surface area (Å²) in [7, 11) is 0. The summed E-state index contributed by atoms with van der Waals surface area (Å²) < 4.78 is 18.3. The molecule has 0 rings (SSSR count). The van der Waals surface area contributed by atoms with Crippen molar-refractivity contribution >= 4 is 11.1 Å². The van der Waals surface area contributed by atoms with Crippen molar-refractivity contribution in [3.8, 4) is 0 Å². The van der Waals surface area contributed by atoms with Crippen LogP contribution in [-0.4, -0.2) is 21.2 Å². The molecule has 0 aliphatic heterocycles. The van der Waals surface area contributed by atoms with Crippen LogP contribution in [-0.2, 0) is 11.1 Å². The Morgan fingerprint density at radius 2 is 2.33 bits per heavy atom. The smallest absolute Gasteiger partial charge is 0.167 e. The summed E-state index contributed by atoms with van der Waals surface area (Å²) >= 11 is -1.68. The second-order valence-electron chi connectivity index (χ2n) is 1.82. The Morgan fingerprint density at radius 3 is 2.78 bits per heavy atom. The Balaban J connectivity index is 2.83. The van der Waals surface area contributed by atoms with Crippen molar-refractivity contribution in [3.05, 3.63) is 0 Å². The van der Waals surface area contributed by atoms with Crippen LogP contribution in [0, 0.1) is 0 Å². The van der Waals surface area contributed by atoms with Gasteiger partial charge in [-0.2, -0.15) is 0 Å². The topological polar surface area (TPSA) is 49.3 Å². The minimum absolute atomic E-state index is 0.194. The maximum Gasteiger partial charge on any atom is 0.167 e. The molecule has 0 fully saturated rings. The molecule has 56 valence electrons. The average Bonchev–Trinajstić information content (AvgIpc) is 1.80. The van der Waals surface area contributed by atoms with Crippen LogP contribution in [0.4, 0.5) is 0 Å². The highest BCUT2D eigenvalue weighted by Crippen LogP contribution is 1.81. The van der Waals surface area contributed by atoms with Crippen LogP contribution in [0.5, 0.6) is 0 Å². The molecule has 1 atom stereocenters. The number of nitrogens with one attached hydrogen (secondary N) is 1. The minimum Gasteiger partial charge on any atom is -0.305 e. The Hall–Kier alpha value is 0.0700. The van der Waals surface area contributed by atoms with Crippen LogP contribution in [0.2, 0.25) is 0 Å². The van der Waals surface area contributed by atoms with Crippen molar-refractivity contribution in [2.24, 2.45) is 0 Å². The lowest BCUT2D eigenvalue weighted by Gasteiger charge is -1.97. The van der Waals surface area contributed by atoms with E-state index in [-0.39, 0.29) is 5.88 Å². The number of rotatable bonds is 5. The second-order valence-corrected chi connectivity index (χ2v) is 2.75. The predicted octanol–water partition coefficient (Wildman–Crippen LogP) is 0.555. The molecule has 0 radical (unpaired) electrons. The molecule has 9 heavy (non-hydrogen) atoms. The third-order valence-electron chi connectivity index (χ3n) is 0.933. The first-order valence-electron chi connectivity index (χ1n) is 3.05. The molecule has 1 unspecified atom stereocenters. The summed E-state index contributed by atoms with van der Waals surface area (Å²) in [6.07, 6.45) is 2.18. The van der Waals surface area contributed by atoms with Gasteiger partial charge in [0.25, 0.3) is 0 Å². The molecule has 0 heterocycles. The van der Waals surface area contributed by atoms with E-state index in [1.807, 2.05) is 0 Å². The van der Waals surface area contributed by atoms with Crippen LogP contribution in [0.3, 0.4) is 0 Å². The highest BCUT2D eigenvalue weighted by atomic mass is 32.2. The molecular formula is C5H13NO2S. The van der Waals surface area contributed by atoms with Crippen LogP contribution >= 0.6 is 0 Å². The van der Waals surface area contributed by atoms with Gasteiger partial charge in [0, 0.05) is 0 Å². The average molecular weight is 151 g/mol. The van der Waals surface area contributed by atoms with Gasteiger partial charge < -0.3 is 9.87 Å². The third-order valence-corrected chi connectivity index (χ3v) is 1.38. The zero-order valence-electron chi connectivity index (χ0n) is 5.59. The van der Waals surface area contributed by atoms with E-state index in [0.29, 0.717) is 0 Å². The van der Waals surface area contributed by atoms with Gasteiger partial charge in [-0.05, 0) is 13.0 Å². The van der Waals surface area contributed by atoms with Crippen LogP contribution in [0.25, 0.3) is 0 Å². The maximum absolute atomic E-state index is 10.0. The summed E-state index contributed by atoms with van der Waals surface area (Å²) in [5.41, 5.74) is 0. The normalized spacial score (nSPS) is 13.6. The van der Waals surface area contributed by atoms with E-state index >= 15 is 0 Å². The summed E-state index contributed by atoms with van der Waals surface area (Å²) in [6, 6.07) is 0. The third kappa shape index (κ3) is 8.07. The number of hydrogen-bond donors (Lipinski definition) is 2. The first kappa shape index (κ1) is 9.07. The van der Waals surface area contributed by atoms with Crippen molar-refractivity contribution in [3.63, 3.8) is 0 Å². The van der Waals surface area contributed by atoms with E-state index in [1.54, 1.807) is 0 Å². The Labute approximate surface area is 58.1 Å². The molecule has 0 aliphatic carbocycles. The van der Waals surface area contributed by atoms with Crippen molar-refractivity contribution in [2.45, 2.75) is 19.8 Å². The van der Waals surface area contributed by atoms with Crippen molar-refractivity contribution in [1.29, 1.82) is 0 Å². The Kier molecular flexibility index (Phi) is 6.24. The summed E-state index contributed by atoms with van der Waals surface area (Å²) in [5.74, 6) is 0.194. The van der Waals surface area contributed by atoms with Gasteiger partial charge >= 0.3 is 0 Å². The van der Waals surface area contributed by atoms with Gasteiger partial charge in [-0.1, -0.05) is 13.3 Å².